The lowest BCUT2D eigenvalue weighted by Gasteiger charge is -2.33. The monoisotopic (exact) mass is 876 g/mol. The van der Waals surface area contributed by atoms with E-state index < -0.39 is 0 Å². The Labute approximate surface area is 472 Å². The Morgan fingerprint density at radius 3 is 0.733 bits per heavy atom. The number of fused-ring (bicyclic) bond motifs is 8. The van der Waals surface area contributed by atoms with Crippen LogP contribution in [0.2, 0.25) is 0 Å². The van der Waals surface area contributed by atoms with Gasteiger partial charge in [0.05, 0.1) is 0 Å². The molecule has 10 aromatic rings. The summed E-state index contributed by atoms with van der Waals surface area (Å²) in [6, 6.07) is 0. The molecule has 0 saturated heterocycles. The molecule has 0 amide bonds. The van der Waals surface area contributed by atoms with Crippen LogP contribution in [0.25, 0.3) is 98.4 Å². The lowest BCUT2D eigenvalue weighted by atomic mass is 9.55. The highest BCUT2D eigenvalue weighted by molar-refractivity contribution is 6.78. The lowest BCUT2D eigenvalue weighted by Crippen LogP contribution is -2.52. The Kier molecular flexibility index (Phi) is 13.0. The van der Waals surface area contributed by atoms with Gasteiger partial charge in [0.1, 0.15) is 231 Å². The molecular weight excluding hydrogens is 871 g/mol. The minimum Gasteiger partial charge on any atom is -0.457 e. The first-order valence-corrected chi connectivity index (χ1v) is 22.0. The van der Waals surface area contributed by atoms with Crippen molar-refractivity contribution in [3.05, 3.63) is 0 Å². The molecule has 0 spiro atoms. The number of hydrogen-bond acceptors (Lipinski definition) is 1. The summed E-state index contributed by atoms with van der Waals surface area (Å²) in [5.74, 6) is 0. The molecule has 274 valence electrons. The summed E-state index contributed by atoms with van der Waals surface area (Å²) in [7, 11) is 191. The van der Waals surface area contributed by atoms with Gasteiger partial charge in [0.15, 0.2) is 0 Å². The summed E-state index contributed by atoms with van der Waals surface area (Å²) in [4.78, 5) is 0. The van der Waals surface area contributed by atoms with Gasteiger partial charge in [0.2, 0.25) is 0 Å². The maximum absolute atomic E-state index is 7.50. The van der Waals surface area contributed by atoms with E-state index in [2.05, 4.69) is 0 Å². The Morgan fingerprint density at radius 2 is 0.333 bits per heavy atom. The van der Waals surface area contributed by atoms with Crippen molar-refractivity contribution in [1.82, 2.24) is 0 Å². The molecule has 9 aromatic carbocycles. The summed E-state index contributed by atoms with van der Waals surface area (Å²) in [5.41, 5.74) is -5.27. The maximum atomic E-state index is 7.50. The van der Waals surface area contributed by atoms with Crippen LogP contribution in [0.3, 0.4) is 0 Å². The molecule has 0 fully saturated rings. The van der Waals surface area contributed by atoms with E-state index in [4.69, 9.17) is 224 Å². The lowest BCUT2D eigenvalue weighted by molar-refractivity contribution is 0.675. The number of hydrogen-bond donors (Lipinski definition) is 0. The molecule has 0 aliphatic rings. The van der Waals surface area contributed by atoms with Gasteiger partial charge in [0, 0.05) is 10.8 Å². The highest BCUT2D eigenvalue weighted by Gasteiger charge is 2.32. The number of furan rings is 1. The van der Waals surface area contributed by atoms with E-state index in [-0.39, 0.29) is 251 Å². The summed E-state index contributed by atoms with van der Waals surface area (Å²) >= 11 is 0. The van der Waals surface area contributed by atoms with Gasteiger partial charge >= 0.3 is 0 Å². The van der Waals surface area contributed by atoms with E-state index in [0.717, 1.165) is 0 Å². The molecule has 0 unspecified atom stereocenters. The molecule has 1 heterocycles. The summed E-state index contributed by atoms with van der Waals surface area (Å²) in [6.45, 7) is 0. The predicted molar refractivity (Wildman–Crippen MR) is 351 cm³/mol. The van der Waals surface area contributed by atoms with Crippen LogP contribution in [-0.4, -0.2) is 220 Å². The van der Waals surface area contributed by atoms with Gasteiger partial charge in [-0.25, -0.2) is 0 Å². The molecule has 29 heteroatoms. The average Bonchev–Trinajstić information content (AvgIpc) is 3.81. The van der Waals surface area contributed by atoms with Gasteiger partial charge in [-0.3, -0.25) is 0 Å². The van der Waals surface area contributed by atoms with Crippen LogP contribution in [0, 0.1) is 0 Å². The molecule has 0 aliphatic carbocycles. The largest absolute Gasteiger partial charge is 0.457 e. The van der Waals surface area contributed by atoms with Gasteiger partial charge in [-0.2, -0.15) is 0 Å². The molecule has 0 saturated carbocycles. The minimum absolute atomic E-state index is 0.00682. The highest BCUT2D eigenvalue weighted by atomic mass is 16.3. The molecule has 56 radical (unpaired) electrons. The van der Waals surface area contributed by atoms with Crippen molar-refractivity contribution in [1.29, 1.82) is 0 Å². The summed E-state index contributed by atoms with van der Waals surface area (Å²) in [5, 5.41) is 0.296. The highest BCUT2D eigenvalue weighted by Crippen LogP contribution is 2.40. The van der Waals surface area contributed by atoms with Gasteiger partial charge in [-0.05, 0) is 76.5 Å². The van der Waals surface area contributed by atoms with Gasteiger partial charge < -0.3 is 4.42 Å². The molecule has 10 rings (SSSR count). The molecule has 0 aliphatic heterocycles. The van der Waals surface area contributed by atoms with E-state index in [1.807, 2.05) is 0 Å². The third-order valence-electron chi connectivity index (χ3n) is 14.7. The van der Waals surface area contributed by atoms with Gasteiger partial charge in [-0.1, -0.05) is 98.3 Å². The normalized spacial score (nSPS) is 11.9. The van der Waals surface area contributed by atoms with Gasteiger partial charge in [-0.15, -0.1) is 54.6 Å². The van der Waals surface area contributed by atoms with Crippen molar-refractivity contribution >= 4 is 438 Å². The van der Waals surface area contributed by atoms with Crippen molar-refractivity contribution in [2.75, 3.05) is 0 Å². The van der Waals surface area contributed by atoms with E-state index in [0.29, 0.717) is 0 Å². The number of benzene rings is 9. The van der Waals surface area contributed by atoms with Crippen molar-refractivity contribution < 1.29 is 4.42 Å². The SMILES string of the molecule is [B]c1c([B])c(-c2c3c([B])c([B])c([B])c([B])c3c(-c3c([B])c([B])c4oc5c([B])c([B])c([B])c([B])c5c4c3[B])c3c([B])c([B])c([B])c([B])c23)c([B])c(-c2c([B])c([B])c([B])c3c([B])c([B])c4c([B])c([B])c([B])c([B])c4c23)c1[B]. The Hall–Kier alpha value is -4.36. The topological polar surface area (TPSA) is 13.1 Å². The fourth-order valence-corrected chi connectivity index (χ4v) is 10.7. The maximum Gasteiger partial charge on any atom is 0.127 e. The van der Waals surface area contributed by atoms with Crippen LogP contribution >= 0.6 is 0 Å². The summed E-state index contributed by atoms with van der Waals surface area (Å²) in [6.07, 6.45) is 0. The van der Waals surface area contributed by atoms with Crippen LogP contribution in [0.4, 0.5) is 0 Å². The predicted octanol–water partition coefficient (Wildman–Crippen LogP) is -20.6. The van der Waals surface area contributed by atoms with Crippen LogP contribution in [0.5, 0.6) is 0 Å². The van der Waals surface area contributed by atoms with E-state index in [1.54, 1.807) is 0 Å². The van der Waals surface area contributed by atoms with Crippen LogP contribution in [0.15, 0.2) is 4.42 Å². The van der Waals surface area contributed by atoms with Crippen LogP contribution in [-0.2, 0) is 0 Å². The molecular formula is C46B28O. The third kappa shape index (κ3) is 6.85. The molecule has 1 aromatic heterocycles. The molecule has 0 atom stereocenters. The zero-order chi connectivity index (χ0) is 55.3. The standard InChI is InChI=1S/C46B28O/c47-17-10(27(57)34(64)29(59)13(17)8-3-9-14(30(60)40(70)39(69)24(9)54)26(56)25(55)12(3)28(58)33(63)23(8)53)1-4-6(21(51)37(67)35(65)19(4)49)2(7-5(1)20(50)36(66)38(68)22(7)52)11-18(48)15-16-32(62)41(71)42(72)44(74)46(16)75-45(15)43(73)31(11)61. The quantitative estimate of drug-likeness (QED) is 0.0979. The van der Waals surface area contributed by atoms with E-state index >= 15 is 0 Å². The second-order valence-corrected chi connectivity index (χ2v) is 18.3. The van der Waals surface area contributed by atoms with E-state index in [1.165, 1.54) is 0 Å². The Bertz CT molecular complexity index is 4360. The number of rotatable bonds is 3. The summed E-state index contributed by atoms with van der Waals surface area (Å²) < 4.78 is 6.19. The minimum atomic E-state index is -0.286. The third-order valence-corrected chi connectivity index (χ3v) is 14.7. The zero-order valence-electron chi connectivity index (χ0n) is 39.6. The Morgan fingerprint density at radius 1 is 0.120 bits per heavy atom. The second-order valence-electron chi connectivity index (χ2n) is 18.3. The van der Waals surface area contributed by atoms with Crippen LogP contribution in [0.1, 0.15) is 0 Å². The van der Waals surface area contributed by atoms with E-state index in [9.17, 15) is 0 Å². The molecule has 1 nitrogen and oxygen atoms in total. The Balaban J connectivity index is 1.51. The average molecular weight is 871 g/mol. The first-order valence-electron chi connectivity index (χ1n) is 22.0. The van der Waals surface area contributed by atoms with Crippen molar-refractivity contribution in [3.63, 3.8) is 0 Å². The van der Waals surface area contributed by atoms with Crippen molar-refractivity contribution in [2.45, 2.75) is 0 Å². The van der Waals surface area contributed by atoms with Crippen molar-refractivity contribution in [2.24, 2.45) is 0 Å². The fourth-order valence-electron chi connectivity index (χ4n) is 10.7. The smallest absolute Gasteiger partial charge is 0.127 e. The van der Waals surface area contributed by atoms with Crippen molar-refractivity contribution in [3.8, 4) is 33.4 Å². The van der Waals surface area contributed by atoms with Crippen LogP contribution < -0.4 is 153 Å². The molecule has 0 N–H and O–H groups in total. The molecule has 75 heavy (non-hydrogen) atoms. The fraction of sp³-hybridized carbons (Fsp3) is 0. The first-order chi connectivity index (χ1) is 35.0. The second kappa shape index (κ2) is 18.1. The molecule has 0 bridgehead atoms. The van der Waals surface area contributed by atoms with Gasteiger partial charge in [0.25, 0.3) is 0 Å². The zero-order valence-corrected chi connectivity index (χ0v) is 39.6. The first kappa shape index (κ1) is 54.0.